The minimum absolute atomic E-state index is 0.00111. The lowest BCUT2D eigenvalue weighted by Crippen LogP contribution is -2.24. The fourth-order valence-corrected chi connectivity index (χ4v) is 2.40. The molecular formula is C13H14ClFO2. The number of carbonyl (C=O) groups is 1. The van der Waals surface area contributed by atoms with Crippen LogP contribution in [0.1, 0.15) is 36.0 Å². The molecule has 1 aromatic rings. The van der Waals surface area contributed by atoms with Crippen LogP contribution in [0.25, 0.3) is 0 Å². The van der Waals surface area contributed by atoms with E-state index in [1.807, 2.05) is 0 Å². The molecule has 1 fully saturated rings. The normalized spacial score (nSPS) is 24.6. The summed E-state index contributed by atoms with van der Waals surface area (Å²) in [7, 11) is 0. The van der Waals surface area contributed by atoms with Crippen LogP contribution in [0.4, 0.5) is 4.39 Å². The van der Waals surface area contributed by atoms with Crippen molar-refractivity contribution in [2.45, 2.75) is 31.8 Å². The van der Waals surface area contributed by atoms with E-state index in [0.29, 0.717) is 31.2 Å². The molecule has 4 heteroatoms. The number of hydrogen-bond acceptors (Lipinski definition) is 2. The van der Waals surface area contributed by atoms with E-state index in [1.54, 1.807) is 0 Å². The first-order valence-electron chi connectivity index (χ1n) is 5.75. The summed E-state index contributed by atoms with van der Waals surface area (Å²) in [5.41, 5.74) is 0.456. The van der Waals surface area contributed by atoms with Crippen LogP contribution in [-0.2, 0) is 0 Å². The maximum atomic E-state index is 13.0. The Bertz CT molecular complexity index is 425. The predicted octanol–water partition coefficient (Wildman–Crippen LogP) is 3.21. The van der Waals surface area contributed by atoms with Gasteiger partial charge in [0.05, 0.1) is 11.1 Å². The summed E-state index contributed by atoms with van der Waals surface area (Å²) in [4.78, 5) is 12.1. The number of ketones is 1. The Morgan fingerprint density at radius 3 is 2.53 bits per heavy atom. The van der Waals surface area contributed by atoms with E-state index in [0.717, 1.165) is 0 Å². The second-order valence-electron chi connectivity index (χ2n) is 4.50. The molecular weight excluding hydrogens is 243 g/mol. The fourth-order valence-electron chi connectivity index (χ4n) is 2.22. The molecule has 0 unspecified atom stereocenters. The maximum absolute atomic E-state index is 13.0. The molecule has 0 amide bonds. The molecule has 0 bridgehead atoms. The van der Waals surface area contributed by atoms with Crippen molar-refractivity contribution in [3.8, 4) is 0 Å². The van der Waals surface area contributed by atoms with Crippen molar-refractivity contribution >= 4 is 17.4 Å². The molecule has 1 aromatic carbocycles. The van der Waals surface area contributed by atoms with Crippen molar-refractivity contribution in [2.75, 3.05) is 0 Å². The van der Waals surface area contributed by atoms with Crippen molar-refractivity contribution in [1.82, 2.24) is 0 Å². The van der Waals surface area contributed by atoms with Gasteiger partial charge in [0, 0.05) is 11.5 Å². The second kappa shape index (κ2) is 5.15. The Labute approximate surface area is 104 Å². The van der Waals surface area contributed by atoms with Crippen LogP contribution in [-0.4, -0.2) is 17.0 Å². The number of benzene rings is 1. The summed E-state index contributed by atoms with van der Waals surface area (Å²) in [6, 6.07) is 4.06. The van der Waals surface area contributed by atoms with Gasteiger partial charge in [0.25, 0.3) is 0 Å². The average Bonchev–Trinajstić information content (AvgIpc) is 2.33. The highest BCUT2D eigenvalue weighted by Gasteiger charge is 2.26. The predicted molar refractivity (Wildman–Crippen MR) is 63.7 cm³/mol. The highest BCUT2D eigenvalue weighted by Crippen LogP contribution is 2.28. The van der Waals surface area contributed by atoms with E-state index in [9.17, 15) is 14.3 Å². The van der Waals surface area contributed by atoms with Crippen molar-refractivity contribution < 1.29 is 14.3 Å². The van der Waals surface area contributed by atoms with Gasteiger partial charge in [0.2, 0.25) is 0 Å². The molecule has 1 N–H and O–H groups in total. The Balaban J connectivity index is 2.11. The number of Topliss-reactive ketones (excluding diaryl/α,β-unsaturated/α-hetero) is 1. The Morgan fingerprint density at radius 1 is 1.29 bits per heavy atom. The van der Waals surface area contributed by atoms with Gasteiger partial charge in [0.1, 0.15) is 5.82 Å². The lowest BCUT2D eigenvalue weighted by Gasteiger charge is -2.24. The van der Waals surface area contributed by atoms with Crippen molar-refractivity contribution in [2.24, 2.45) is 5.92 Å². The largest absolute Gasteiger partial charge is 0.393 e. The molecule has 0 saturated heterocycles. The van der Waals surface area contributed by atoms with E-state index in [1.165, 1.54) is 18.2 Å². The third kappa shape index (κ3) is 2.85. The second-order valence-corrected chi connectivity index (χ2v) is 4.91. The first kappa shape index (κ1) is 12.5. The number of hydrogen-bond donors (Lipinski definition) is 1. The van der Waals surface area contributed by atoms with Gasteiger partial charge in [-0.2, -0.15) is 0 Å². The zero-order chi connectivity index (χ0) is 12.4. The molecule has 0 spiro atoms. The third-order valence-corrected chi connectivity index (χ3v) is 3.56. The van der Waals surface area contributed by atoms with Gasteiger partial charge in [-0.1, -0.05) is 11.6 Å². The highest BCUT2D eigenvalue weighted by molar-refractivity contribution is 6.31. The van der Waals surface area contributed by atoms with E-state index in [2.05, 4.69) is 0 Å². The summed E-state index contributed by atoms with van der Waals surface area (Å²) < 4.78 is 13.0. The van der Waals surface area contributed by atoms with Crippen molar-refractivity contribution in [3.63, 3.8) is 0 Å². The van der Waals surface area contributed by atoms with Crippen LogP contribution in [0, 0.1) is 11.7 Å². The zero-order valence-corrected chi connectivity index (χ0v) is 10.1. The third-order valence-electron chi connectivity index (χ3n) is 3.27. The Kier molecular flexibility index (Phi) is 3.79. The SMILES string of the molecule is O=C(c1ccc(F)c(Cl)c1)C1CCC(O)CC1. The fraction of sp³-hybridized carbons (Fsp3) is 0.462. The van der Waals surface area contributed by atoms with Crippen LogP contribution < -0.4 is 0 Å². The molecule has 92 valence electrons. The number of carbonyl (C=O) groups excluding carboxylic acids is 1. The minimum Gasteiger partial charge on any atom is -0.393 e. The van der Waals surface area contributed by atoms with Gasteiger partial charge in [0.15, 0.2) is 5.78 Å². The van der Waals surface area contributed by atoms with Crippen molar-refractivity contribution in [3.05, 3.63) is 34.6 Å². The molecule has 2 nitrogen and oxygen atoms in total. The molecule has 0 heterocycles. The summed E-state index contributed by atoms with van der Waals surface area (Å²) >= 11 is 5.65. The van der Waals surface area contributed by atoms with E-state index < -0.39 is 5.82 Å². The van der Waals surface area contributed by atoms with Crippen LogP contribution in [0.15, 0.2) is 18.2 Å². The van der Waals surface area contributed by atoms with Gasteiger partial charge in [-0.3, -0.25) is 4.79 Å². The summed E-state index contributed by atoms with van der Waals surface area (Å²) in [5, 5.41) is 9.36. The summed E-state index contributed by atoms with van der Waals surface area (Å²) in [5.74, 6) is -0.582. The van der Waals surface area contributed by atoms with E-state index in [4.69, 9.17) is 11.6 Å². The van der Waals surface area contributed by atoms with Crippen LogP contribution in [0.5, 0.6) is 0 Å². The van der Waals surface area contributed by atoms with Crippen molar-refractivity contribution in [1.29, 1.82) is 0 Å². The molecule has 17 heavy (non-hydrogen) atoms. The standard InChI is InChI=1S/C13H14ClFO2/c14-11-7-9(3-6-12(11)15)13(17)8-1-4-10(16)5-2-8/h3,6-8,10,16H,1-2,4-5H2. The molecule has 1 aliphatic carbocycles. The van der Waals surface area contributed by atoms with Gasteiger partial charge in [-0.05, 0) is 43.9 Å². The molecule has 2 rings (SSSR count). The van der Waals surface area contributed by atoms with Crippen LogP contribution in [0.2, 0.25) is 5.02 Å². The number of halogens is 2. The van der Waals surface area contributed by atoms with E-state index in [-0.39, 0.29) is 22.8 Å². The monoisotopic (exact) mass is 256 g/mol. The number of aliphatic hydroxyl groups excluding tert-OH is 1. The lowest BCUT2D eigenvalue weighted by atomic mass is 9.82. The smallest absolute Gasteiger partial charge is 0.165 e. The topological polar surface area (TPSA) is 37.3 Å². The lowest BCUT2D eigenvalue weighted by molar-refractivity contribution is 0.0764. The van der Waals surface area contributed by atoms with Gasteiger partial charge in [-0.25, -0.2) is 4.39 Å². The Hall–Kier alpha value is -0.930. The van der Waals surface area contributed by atoms with E-state index >= 15 is 0 Å². The molecule has 0 radical (unpaired) electrons. The van der Waals surface area contributed by atoms with Crippen LogP contribution in [0.3, 0.4) is 0 Å². The molecule has 1 saturated carbocycles. The van der Waals surface area contributed by atoms with Gasteiger partial charge >= 0.3 is 0 Å². The number of aliphatic hydroxyl groups is 1. The minimum atomic E-state index is -0.512. The summed E-state index contributed by atoms with van der Waals surface area (Å²) in [6.07, 6.45) is 2.41. The first-order chi connectivity index (χ1) is 8.08. The summed E-state index contributed by atoms with van der Waals surface area (Å²) in [6.45, 7) is 0. The maximum Gasteiger partial charge on any atom is 0.165 e. The average molecular weight is 257 g/mol. The van der Waals surface area contributed by atoms with Crippen LogP contribution >= 0.6 is 11.6 Å². The molecule has 0 aromatic heterocycles. The van der Waals surface area contributed by atoms with Gasteiger partial charge < -0.3 is 5.11 Å². The molecule has 0 atom stereocenters. The first-order valence-corrected chi connectivity index (χ1v) is 6.13. The molecule has 1 aliphatic rings. The number of rotatable bonds is 2. The van der Waals surface area contributed by atoms with Gasteiger partial charge in [-0.15, -0.1) is 0 Å². The zero-order valence-electron chi connectivity index (χ0n) is 9.33. The molecule has 0 aliphatic heterocycles. The Morgan fingerprint density at radius 2 is 1.94 bits per heavy atom. The quantitative estimate of drug-likeness (QED) is 0.825. The highest BCUT2D eigenvalue weighted by atomic mass is 35.5.